The number of fused-ring (bicyclic) bond motifs is 6. The number of rotatable bonds is 0. The van der Waals surface area contributed by atoms with Gasteiger partial charge < -0.3 is 9.47 Å². The number of hydrogen-bond donors (Lipinski definition) is 0. The Hall–Kier alpha value is -1.40. The predicted molar refractivity (Wildman–Crippen MR) is 97.1 cm³/mol. The standard InChI is InChI=1S/C22H28O6/c1-11-8-13-19(26)14(23)9-16(25)21(13,3)18-15(24)10-20(2)12(17(11)18)4-5-22(20)27-6-7-28-22/h11-13,17-18H,4-10H2,1-3H3/t11-,12+,13?,17+,18+,20+,21-/m1/s1. The fourth-order valence-corrected chi connectivity index (χ4v) is 7.78. The molecule has 0 aromatic heterocycles. The van der Waals surface area contributed by atoms with Crippen LogP contribution in [0, 0.1) is 40.4 Å². The fourth-order valence-electron chi connectivity index (χ4n) is 7.78. The van der Waals surface area contributed by atoms with Gasteiger partial charge in [0.05, 0.1) is 19.6 Å². The van der Waals surface area contributed by atoms with Crippen LogP contribution < -0.4 is 0 Å². The highest BCUT2D eigenvalue weighted by Gasteiger charge is 2.72. The summed E-state index contributed by atoms with van der Waals surface area (Å²) in [4.78, 5) is 51.4. The molecule has 0 aromatic carbocycles. The molecule has 1 saturated heterocycles. The van der Waals surface area contributed by atoms with Crippen molar-refractivity contribution < 1.29 is 28.7 Å². The maximum absolute atomic E-state index is 13.6. The Bertz CT molecular complexity index is 795. The van der Waals surface area contributed by atoms with Crippen molar-refractivity contribution in [2.45, 2.75) is 58.7 Å². The lowest BCUT2D eigenvalue weighted by molar-refractivity contribution is -0.243. The second-order valence-corrected chi connectivity index (χ2v) is 10.1. The van der Waals surface area contributed by atoms with E-state index in [0.29, 0.717) is 26.1 Å². The first-order chi connectivity index (χ1) is 13.2. The Morgan fingerprint density at radius 1 is 1.04 bits per heavy atom. The number of carbonyl (C=O) groups excluding carboxylic acids is 4. The van der Waals surface area contributed by atoms with Crippen molar-refractivity contribution in [3.05, 3.63) is 0 Å². The second-order valence-electron chi connectivity index (χ2n) is 10.1. The third-order valence-corrected chi connectivity index (χ3v) is 9.11. The number of carbonyl (C=O) groups is 4. The second kappa shape index (κ2) is 5.60. The van der Waals surface area contributed by atoms with Gasteiger partial charge >= 0.3 is 0 Å². The first-order valence-electron chi connectivity index (χ1n) is 10.6. The van der Waals surface area contributed by atoms with Crippen molar-refractivity contribution in [2.75, 3.05) is 13.2 Å². The van der Waals surface area contributed by atoms with Crippen LogP contribution in [0.3, 0.4) is 0 Å². The van der Waals surface area contributed by atoms with Crippen LogP contribution in [0.4, 0.5) is 0 Å². The lowest BCUT2D eigenvalue weighted by Gasteiger charge is -2.60. The van der Waals surface area contributed by atoms with Crippen LogP contribution in [0.5, 0.6) is 0 Å². The summed E-state index contributed by atoms with van der Waals surface area (Å²) in [6.45, 7) is 7.07. The van der Waals surface area contributed by atoms with Crippen LogP contribution in [0.1, 0.15) is 52.9 Å². The topological polar surface area (TPSA) is 86.7 Å². The van der Waals surface area contributed by atoms with Crippen LogP contribution in [-0.2, 0) is 28.7 Å². The summed E-state index contributed by atoms with van der Waals surface area (Å²) in [6, 6.07) is 0. The first-order valence-corrected chi connectivity index (χ1v) is 10.6. The maximum atomic E-state index is 13.6. The third-order valence-electron chi connectivity index (χ3n) is 9.11. The highest BCUT2D eigenvalue weighted by atomic mass is 16.7. The van der Waals surface area contributed by atoms with Crippen LogP contribution in [0.15, 0.2) is 0 Å². The van der Waals surface area contributed by atoms with E-state index in [-0.39, 0.29) is 35.7 Å². The molecule has 0 amide bonds. The van der Waals surface area contributed by atoms with Crippen LogP contribution in [0.25, 0.3) is 0 Å². The van der Waals surface area contributed by atoms with Crippen molar-refractivity contribution in [3.8, 4) is 0 Å². The molecule has 6 heteroatoms. The van der Waals surface area contributed by atoms with E-state index in [4.69, 9.17) is 9.47 Å². The van der Waals surface area contributed by atoms with Crippen molar-refractivity contribution in [2.24, 2.45) is 40.4 Å². The predicted octanol–water partition coefficient (Wildman–Crippen LogP) is 2.12. The summed E-state index contributed by atoms with van der Waals surface area (Å²) in [6.07, 6.45) is 2.13. The minimum Gasteiger partial charge on any atom is -0.347 e. The van der Waals surface area contributed by atoms with Gasteiger partial charge in [0.2, 0.25) is 11.6 Å². The maximum Gasteiger partial charge on any atom is 0.206 e. The third kappa shape index (κ3) is 1.96. The van der Waals surface area contributed by atoms with E-state index in [9.17, 15) is 19.2 Å². The highest BCUT2D eigenvalue weighted by Crippen LogP contribution is 2.68. The molecule has 1 heterocycles. The smallest absolute Gasteiger partial charge is 0.206 e. The van der Waals surface area contributed by atoms with E-state index in [1.54, 1.807) is 6.92 Å². The zero-order chi connectivity index (χ0) is 20.1. The van der Waals surface area contributed by atoms with E-state index in [1.165, 1.54) is 0 Å². The number of Topliss-reactive ketones (excluding diaryl/α,β-unsaturated/α-hetero) is 4. The Balaban J connectivity index is 1.60. The molecule has 7 atom stereocenters. The summed E-state index contributed by atoms with van der Waals surface area (Å²) in [5.41, 5.74) is -1.45. The molecule has 0 radical (unpaired) electrons. The summed E-state index contributed by atoms with van der Waals surface area (Å²) in [5.74, 6) is -2.72. The van der Waals surface area contributed by atoms with Crippen molar-refractivity contribution >= 4 is 23.1 Å². The van der Waals surface area contributed by atoms with E-state index in [0.717, 1.165) is 12.8 Å². The molecule has 152 valence electrons. The molecule has 28 heavy (non-hydrogen) atoms. The molecule has 4 aliphatic carbocycles. The van der Waals surface area contributed by atoms with E-state index in [1.807, 2.05) is 0 Å². The molecule has 5 fully saturated rings. The van der Waals surface area contributed by atoms with Gasteiger partial charge in [-0.15, -0.1) is 0 Å². The molecule has 0 bridgehead atoms. The molecule has 4 saturated carbocycles. The van der Waals surface area contributed by atoms with Crippen LogP contribution in [0.2, 0.25) is 0 Å². The normalized spacial score (nSPS) is 49.9. The van der Waals surface area contributed by atoms with Crippen molar-refractivity contribution in [1.29, 1.82) is 0 Å². The molecule has 1 spiro atoms. The summed E-state index contributed by atoms with van der Waals surface area (Å²) in [5, 5.41) is 0. The Labute approximate surface area is 164 Å². The average Bonchev–Trinajstić information content (AvgIpc) is 3.22. The van der Waals surface area contributed by atoms with Gasteiger partial charge in [-0.25, -0.2) is 0 Å². The molecule has 0 N–H and O–H groups in total. The minimum absolute atomic E-state index is 0.0182. The average molecular weight is 388 g/mol. The molecule has 6 nitrogen and oxygen atoms in total. The van der Waals surface area contributed by atoms with Gasteiger partial charge in [0, 0.05) is 35.5 Å². The largest absolute Gasteiger partial charge is 0.347 e. The van der Waals surface area contributed by atoms with Gasteiger partial charge in [-0.1, -0.05) is 20.8 Å². The SMILES string of the molecule is C[C@@H]1CC2C(=O)C(=O)CC(=O)[C@]2(C)[C@H]2C(=O)C[C@@]3(C)[C@@H](CCC34OCCO4)[C@H]12. The minimum atomic E-state index is -1.05. The molecule has 1 unspecified atom stereocenters. The first kappa shape index (κ1) is 18.6. The molecular weight excluding hydrogens is 360 g/mol. The van der Waals surface area contributed by atoms with Crippen LogP contribution >= 0.6 is 0 Å². The van der Waals surface area contributed by atoms with Gasteiger partial charge in [0.25, 0.3) is 0 Å². The monoisotopic (exact) mass is 388 g/mol. The van der Waals surface area contributed by atoms with Crippen molar-refractivity contribution in [1.82, 2.24) is 0 Å². The summed E-state index contributed by atoms with van der Waals surface area (Å²) in [7, 11) is 0. The zero-order valence-corrected chi connectivity index (χ0v) is 16.8. The summed E-state index contributed by atoms with van der Waals surface area (Å²) < 4.78 is 12.2. The Kier molecular flexibility index (Phi) is 3.72. The van der Waals surface area contributed by atoms with Crippen LogP contribution in [-0.4, -0.2) is 42.1 Å². The molecule has 5 rings (SSSR count). The highest BCUT2D eigenvalue weighted by molar-refractivity contribution is 6.44. The zero-order valence-electron chi connectivity index (χ0n) is 16.8. The Morgan fingerprint density at radius 3 is 2.39 bits per heavy atom. The van der Waals surface area contributed by atoms with E-state index < -0.39 is 40.0 Å². The quantitative estimate of drug-likeness (QED) is 0.467. The molecule has 5 aliphatic rings. The van der Waals surface area contributed by atoms with Gasteiger partial charge in [-0.2, -0.15) is 0 Å². The van der Waals surface area contributed by atoms with Gasteiger partial charge in [-0.05, 0) is 30.6 Å². The van der Waals surface area contributed by atoms with Gasteiger partial charge in [0.1, 0.15) is 11.6 Å². The fraction of sp³-hybridized carbons (Fsp3) is 0.818. The lowest BCUT2D eigenvalue weighted by atomic mass is 9.42. The number of ketones is 4. The molecule has 0 aromatic rings. The lowest BCUT2D eigenvalue weighted by Crippen LogP contribution is -2.66. The number of ether oxygens (including phenoxy) is 2. The molecule has 1 aliphatic heterocycles. The number of hydrogen-bond acceptors (Lipinski definition) is 6. The molecular formula is C22H28O6. The van der Waals surface area contributed by atoms with Gasteiger partial charge in [-0.3, -0.25) is 19.2 Å². The summed E-state index contributed by atoms with van der Waals surface area (Å²) >= 11 is 0. The van der Waals surface area contributed by atoms with Crippen molar-refractivity contribution in [3.63, 3.8) is 0 Å². The Morgan fingerprint density at radius 2 is 1.71 bits per heavy atom. The van der Waals surface area contributed by atoms with Gasteiger partial charge in [0.15, 0.2) is 5.79 Å². The van der Waals surface area contributed by atoms with E-state index >= 15 is 0 Å². The van der Waals surface area contributed by atoms with E-state index in [2.05, 4.69) is 13.8 Å².